The Kier molecular flexibility index (Phi) is 6.68. The molecule has 0 fully saturated rings. The Bertz CT molecular complexity index is 473. The number of methoxy groups -OCH3 is 1. The van der Waals surface area contributed by atoms with Gasteiger partial charge in [0.25, 0.3) is 0 Å². The molecule has 6 heteroatoms. The molecule has 0 aliphatic rings. The summed E-state index contributed by atoms with van der Waals surface area (Å²) in [6.45, 7) is 4.10. The fourth-order valence-corrected chi connectivity index (χ4v) is 1.83. The summed E-state index contributed by atoms with van der Waals surface area (Å²) in [5.74, 6) is -1.08. The van der Waals surface area contributed by atoms with Crippen LogP contribution in [0.25, 0.3) is 0 Å². The van der Waals surface area contributed by atoms with Gasteiger partial charge in [-0.15, -0.1) is 0 Å². The molecule has 1 rings (SSSR count). The topological polar surface area (TPSA) is 87.7 Å². The molecule has 0 heterocycles. The number of carboxylic acid groups (broad SMARTS) is 1. The van der Waals surface area contributed by atoms with Crippen LogP contribution in [-0.2, 0) is 9.53 Å². The number of carboxylic acids is 1. The quantitative estimate of drug-likeness (QED) is 0.716. The molecule has 0 aliphatic heterocycles. The number of rotatable bonds is 7. The molecule has 2 unspecified atom stereocenters. The smallest absolute Gasteiger partial charge is 0.326 e. The zero-order chi connectivity index (χ0) is 15.8. The van der Waals surface area contributed by atoms with Crippen molar-refractivity contribution < 1.29 is 19.4 Å². The van der Waals surface area contributed by atoms with E-state index in [9.17, 15) is 9.59 Å². The molecule has 0 saturated carbocycles. The van der Waals surface area contributed by atoms with Gasteiger partial charge in [0.1, 0.15) is 6.04 Å². The van der Waals surface area contributed by atoms with Crippen molar-refractivity contribution in [2.24, 2.45) is 0 Å². The van der Waals surface area contributed by atoms with Gasteiger partial charge in [-0.05, 0) is 19.4 Å². The van der Waals surface area contributed by atoms with Crippen molar-refractivity contribution in [3.8, 4) is 0 Å². The van der Waals surface area contributed by atoms with Gasteiger partial charge in [0, 0.05) is 20.1 Å². The zero-order valence-corrected chi connectivity index (χ0v) is 12.6. The van der Waals surface area contributed by atoms with Crippen molar-refractivity contribution in [3.05, 3.63) is 35.4 Å². The van der Waals surface area contributed by atoms with E-state index in [-0.39, 0.29) is 19.1 Å². The van der Waals surface area contributed by atoms with Crippen LogP contribution in [0.3, 0.4) is 0 Å². The molecule has 0 aromatic heterocycles. The number of ether oxygens (including phenoxy) is 1. The van der Waals surface area contributed by atoms with Gasteiger partial charge >= 0.3 is 12.0 Å². The Balaban J connectivity index is 2.54. The Morgan fingerprint density at radius 1 is 1.24 bits per heavy atom. The van der Waals surface area contributed by atoms with E-state index in [0.29, 0.717) is 0 Å². The highest BCUT2D eigenvalue weighted by Crippen LogP contribution is 2.12. The number of carbonyl (C=O) groups excluding carboxylic acids is 1. The van der Waals surface area contributed by atoms with Crippen LogP contribution in [0.4, 0.5) is 4.79 Å². The number of hydrogen-bond acceptors (Lipinski definition) is 3. The maximum Gasteiger partial charge on any atom is 0.326 e. The van der Waals surface area contributed by atoms with Crippen LogP contribution in [-0.4, -0.2) is 36.9 Å². The standard InChI is InChI=1S/C15H22N2O4/c1-10-4-6-12(7-5-10)11(2)16-15(20)17-13(14(18)19)8-9-21-3/h4-7,11,13H,8-9H2,1-3H3,(H,18,19)(H2,16,17,20). The van der Waals surface area contributed by atoms with E-state index in [1.165, 1.54) is 7.11 Å². The molecule has 0 bridgehead atoms. The molecule has 21 heavy (non-hydrogen) atoms. The summed E-state index contributed by atoms with van der Waals surface area (Å²) in [5.41, 5.74) is 2.10. The molecular weight excluding hydrogens is 272 g/mol. The lowest BCUT2D eigenvalue weighted by molar-refractivity contribution is -0.139. The first-order chi connectivity index (χ1) is 9.93. The van der Waals surface area contributed by atoms with Gasteiger partial charge in [0.15, 0.2) is 0 Å². The number of aryl methyl sites for hydroxylation is 1. The van der Waals surface area contributed by atoms with Crippen LogP contribution >= 0.6 is 0 Å². The SMILES string of the molecule is COCCC(NC(=O)NC(C)c1ccc(C)cc1)C(=O)O. The van der Waals surface area contributed by atoms with E-state index in [0.717, 1.165) is 11.1 Å². The zero-order valence-electron chi connectivity index (χ0n) is 12.6. The number of nitrogens with one attached hydrogen (secondary N) is 2. The van der Waals surface area contributed by atoms with Crippen LogP contribution in [0.1, 0.15) is 30.5 Å². The van der Waals surface area contributed by atoms with Gasteiger partial charge in [-0.3, -0.25) is 0 Å². The van der Waals surface area contributed by atoms with E-state index in [1.807, 2.05) is 38.1 Å². The minimum Gasteiger partial charge on any atom is -0.480 e. The van der Waals surface area contributed by atoms with Crippen LogP contribution in [0.15, 0.2) is 24.3 Å². The number of amides is 2. The predicted molar refractivity (Wildman–Crippen MR) is 79.2 cm³/mol. The summed E-state index contributed by atoms with van der Waals surface area (Å²) in [4.78, 5) is 22.9. The second kappa shape index (κ2) is 8.26. The van der Waals surface area contributed by atoms with Gasteiger partial charge in [-0.1, -0.05) is 29.8 Å². The summed E-state index contributed by atoms with van der Waals surface area (Å²) >= 11 is 0. The molecular formula is C15H22N2O4. The van der Waals surface area contributed by atoms with Gasteiger partial charge in [-0.25, -0.2) is 9.59 Å². The number of carbonyl (C=O) groups is 2. The van der Waals surface area contributed by atoms with E-state index in [4.69, 9.17) is 9.84 Å². The number of aliphatic carboxylic acids is 1. The van der Waals surface area contributed by atoms with Crippen molar-refractivity contribution in [1.82, 2.24) is 10.6 Å². The van der Waals surface area contributed by atoms with Crippen molar-refractivity contribution in [2.45, 2.75) is 32.4 Å². The fraction of sp³-hybridized carbons (Fsp3) is 0.467. The summed E-state index contributed by atoms with van der Waals surface area (Å²) < 4.78 is 4.83. The number of urea groups is 1. The third-order valence-electron chi connectivity index (χ3n) is 3.14. The minimum absolute atomic E-state index is 0.206. The first-order valence-electron chi connectivity index (χ1n) is 6.79. The van der Waals surface area contributed by atoms with E-state index in [1.54, 1.807) is 0 Å². The van der Waals surface area contributed by atoms with E-state index < -0.39 is 18.0 Å². The Morgan fingerprint density at radius 3 is 2.38 bits per heavy atom. The molecule has 0 spiro atoms. The minimum atomic E-state index is -1.08. The predicted octanol–water partition coefficient (Wildman–Crippen LogP) is 1.84. The Labute approximate surface area is 124 Å². The molecule has 116 valence electrons. The maximum absolute atomic E-state index is 11.8. The molecule has 1 aromatic rings. The highest BCUT2D eigenvalue weighted by Gasteiger charge is 2.20. The van der Waals surface area contributed by atoms with Crippen molar-refractivity contribution in [1.29, 1.82) is 0 Å². The highest BCUT2D eigenvalue weighted by molar-refractivity contribution is 5.82. The summed E-state index contributed by atoms with van der Waals surface area (Å²) in [6.07, 6.45) is 0.220. The van der Waals surface area contributed by atoms with Crippen LogP contribution < -0.4 is 10.6 Å². The lowest BCUT2D eigenvalue weighted by Gasteiger charge is -2.18. The highest BCUT2D eigenvalue weighted by atomic mass is 16.5. The molecule has 3 N–H and O–H groups in total. The third-order valence-corrected chi connectivity index (χ3v) is 3.14. The van der Waals surface area contributed by atoms with Crippen LogP contribution in [0.5, 0.6) is 0 Å². The molecule has 1 aromatic carbocycles. The summed E-state index contributed by atoms with van der Waals surface area (Å²) in [5, 5.41) is 14.2. The maximum atomic E-state index is 11.8. The van der Waals surface area contributed by atoms with Crippen molar-refractivity contribution >= 4 is 12.0 Å². The molecule has 0 radical (unpaired) electrons. The average molecular weight is 294 g/mol. The van der Waals surface area contributed by atoms with E-state index >= 15 is 0 Å². The summed E-state index contributed by atoms with van der Waals surface area (Å²) in [6, 6.07) is 6.11. The van der Waals surface area contributed by atoms with Gasteiger partial charge in [0.05, 0.1) is 6.04 Å². The van der Waals surface area contributed by atoms with Crippen molar-refractivity contribution in [3.63, 3.8) is 0 Å². The second-order valence-corrected chi connectivity index (χ2v) is 4.92. The van der Waals surface area contributed by atoms with Gasteiger partial charge in [-0.2, -0.15) is 0 Å². The molecule has 6 nitrogen and oxygen atoms in total. The summed E-state index contributed by atoms with van der Waals surface area (Å²) in [7, 11) is 1.48. The monoisotopic (exact) mass is 294 g/mol. The fourth-order valence-electron chi connectivity index (χ4n) is 1.83. The van der Waals surface area contributed by atoms with E-state index in [2.05, 4.69) is 10.6 Å². The largest absolute Gasteiger partial charge is 0.480 e. The number of hydrogen-bond donors (Lipinski definition) is 3. The van der Waals surface area contributed by atoms with Gasteiger partial charge in [0.2, 0.25) is 0 Å². The number of benzene rings is 1. The Morgan fingerprint density at radius 2 is 1.86 bits per heavy atom. The first kappa shape index (κ1) is 17.0. The van der Waals surface area contributed by atoms with Crippen LogP contribution in [0, 0.1) is 6.92 Å². The van der Waals surface area contributed by atoms with Crippen LogP contribution in [0.2, 0.25) is 0 Å². The third kappa shape index (κ3) is 5.83. The average Bonchev–Trinajstić information content (AvgIpc) is 2.43. The molecule has 2 amide bonds. The molecule has 0 aliphatic carbocycles. The van der Waals surface area contributed by atoms with Gasteiger partial charge < -0.3 is 20.5 Å². The lowest BCUT2D eigenvalue weighted by Crippen LogP contribution is -2.47. The second-order valence-electron chi connectivity index (χ2n) is 4.92. The normalized spacial score (nSPS) is 13.3. The molecule has 0 saturated heterocycles. The molecule has 2 atom stereocenters. The first-order valence-corrected chi connectivity index (χ1v) is 6.79. The lowest BCUT2D eigenvalue weighted by atomic mass is 10.1. The Hall–Kier alpha value is -2.08. The van der Waals surface area contributed by atoms with Crippen molar-refractivity contribution in [2.75, 3.05) is 13.7 Å².